The van der Waals surface area contributed by atoms with Crippen LogP contribution < -0.4 is 5.32 Å². The van der Waals surface area contributed by atoms with Gasteiger partial charge in [0.25, 0.3) is 0 Å². The van der Waals surface area contributed by atoms with Crippen molar-refractivity contribution >= 4 is 0 Å². The fraction of sp³-hybridized carbons (Fsp3) is 1.00. The third-order valence-electron chi connectivity index (χ3n) is 4.46. The first-order valence-corrected chi connectivity index (χ1v) is 6.50. The minimum atomic E-state index is 0.0714. The van der Waals surface area contributed by atoms with Crippen molar-refractivity contribution in [1.82, 2.24) is 5.32 Å². The minimum Gasteiger partial charge on any atom is -0.360 e. The molecule has 1 saturated heterocycles. The molecule has 0 aromatic rings. The van der Waals surface area contributed by atoms with Gasteiger partial charge < -0.3 is 4.74 Å². The maximum atomic E-state index is 6.10. The van der Waals surface area contributed by atoms with Gasteiger partial charge in [0.05, 0.1) is 6.61 Å². The Bertz CT molecular complexity index is 253. The molecule has 1 heterocycles. The largest absolute Gasteiger partial charge is 0.360 e. The van der Waals surface area contributed by atoms with Gasteiger partial charge in [0.2, 0.25) is 0 Å². The van der Waals surface area contributed by atoms with Gasteiger partial charge in [0.1, 0.15) is 5.72 Å². The smallest absolute Gasteiger partial charge is 0.120 e. The van der Waals surface area contributed by atoms with E-state index in [-0.39, 0.29) is 5.72 Å². The fourth-order valence-electron chi connectivity index (χ4n) is 3.94. The summed E-state index contributed by atoms with van der Waals surface area (Å²) in [6, 6.07) is 0.753. The van der Waals surface area contributed by atoms with Gasteiger partial charge in [-0.2, -0.15) is 0 Å². The van der Waals surface area contributed by atoms with Crippen LogP contribution in [0.1, 0.15) is 52.4 Å². The molecule has 0 amide bonds. The van der Waals surface area contributed by atoms with Crippen LogP contribution in [-0.4, -0.2) is 18.4 Å². The SMILES string of the molecule is CC1(C)CC2(C1)NC1CCCCC1CO2. The zero-order valence-corrected chi connectivity index (χ0v) is 10.0. The van der Waals surface area contributed by atoms with Crippen molar-refractivity contribution in [2.75, 3.05) is 6.61 Å². The Hall–Kier alpha value is -0.0800. The molecule has 3 rings (SSSR count). The van der Waals surface area contributed by atoms with Gasteiger partial charge in [-0.3, -0.25) is 5.32 Å². The Labute approximate surface area is 92.8 Å². The summed E-state index contributed by atoms with van der Waals surface area (Å²) in [5, 5.41) is 3.80. The van der Waals surface area contributed by atoms with Gasteiger partial charge in [-0.15, -0.1) is 0 Å². The van der Waals surface area contributed by atoms with Crippen molar-refractivity contribution in [2.24, 2.45) is 11.3 Å². The molecule has 3 fully saturated rings. The van der Waals surface area contributed by atoms with E-state index in [2.05, 4.69) is 19.2 Å². The Kier molecular flexibility index (Phi) is 2.16. The summed E-state index contributed by atoms with van der Waals surface area (Å²) < 4.78 is 6.10. The van der Waals surface area contributed by atoms with Gasteiger partial charge in [-0.25, -0.2) is 0 Å². The predicted molar refractivity (Wildman–Crippen MR) is 60.6 cm³/mol. The molecule has 0 bridgehead atoms. The van der Waals surface area contributed by atoms with Crippen LogP contribution in [0.15, 0.2) is 0 Å². The first kappa shape index (κ1) is 10.1. The molecule has 2 saturated carbocycles. The summed E-state index contributed by atoms with van der Waals surface area (Å²) in [7, 11) is 0. The third kappa shape index (κ3) is 1.72. The van der Waals surface area contributed by atoms with E-state index < -0.39 is 0 Å². The monoisotopic (exact) mass is 209 g/mol. The van der Waals surface area contributed by atoms with Crippen molar-refractivity contribution in [2.45, 2.75) is 64.1 Å². The molecule has 0 aromatic heterocycles. The maximum absolute atomic E-state index is 6.10. The number of hydrogen-bond donors (Lipinski definition) is 1. The van der Waals surface area contributed by atoms with E-state index in [4.69, 9.17) is 4.74 Å². The van der Waals surface area contributed by atoms with Crippen molar-refractivity contribution in [1.29, 1.82) is 0 Å². The standard InChI is InChI=1S/C13H23NO/c1-12(2)8-13(9-12)14-11-6-4-3-5-10(11)7-15-13/h10-11,14H,3-9H2,1-2H3. The number of nitrogens with one attached hydrogen (secondary N) is 1. The van der Waals surface area contributed by atoms with Crippen molar-refractivity contribution in [3.63, 3.8) is 0 Å². The predicted octanol–water partition coefficient (Wildman–Crippen LogP) is 2.68. The number of fused-ring (bicyclic) bond motifs is 1. The molecular formula is C13H23NO. The van der Waals surface area contributed by atoms with E-state index in [9.17, 15) is 0 Å². The first-order valence-electron chi connectivity index (χ1n) is 6.50. The topological polar surface area (TPSA) is 21.3 Å². The first-order chi connectivity index (χ1) is 7.09. The second-order valence-corrected chi connectivity index (χ2v) is 6.62. The van der Waals surface area contributed by atoms with Gasteiger partial charge in [-0.05, 0) is 37.0 Å². The Morgan fingerprint density at radius 2 is 1.87 bits per heavy atom. The summed E-state index contributed by atoms with van der Waals surface area (Å²) in [6.45, 7) is 5.69. The second-order valence-electron chi connectivity index (χ2n) is 6.62. The molecule has 2 heteroatoms. The summed E-state index contributed by atoms with van der Waals surface area (Å²) in [5.41, 5.74) is 0.566. The van der Waals surface area contributed by atoms with Crippen LogP contribution in [0.2, 0.25) is 0 Å². The molecule has 1 N–H and O–H groups in total. The van der Waals surface area contributed by atoms with Crippen LogP contribution in [0, 0.1) is 11.3 Å². The van der Waals surface area contributed by atoms with Crippen LogP contribution in [0.4, 0.5) is 0 Å². The molecule has 0 radical (unpaired) electrons. The average molecular weight is 209 g/mol. The van der Waals surface area contributed by atoms with Crippen LogP contribution in [0.25, 0.3) is 0 Å². The molecule has 1 spiro atoms. The second kappa shape index (κ2) is 3.21. The lowest BCUT2D eigenvalue weighted by atomic mass is 9.64. The highest BCUT2D eigenvalue weighted by Crippen LogP contribution is 2.51. The lowest BCUT2D eigenvalue weighted by Gasteiger charge is -2.58. The normalized spacial score (nSPS) is 42.0. The molecule has 0 aromatic carbocycles. The zero-order valence-electron chi connectivity index (χ0n) is 10.0. The Morgan fingerprint density at radius 3 is 2.60 bits per heavy atom. The van der Waals surface area contributed by atoms with E-state index in [1.54, 1.807) is 0 Å². The van der Waals surface area contributed by atoms with E-state index in [1.807, 2.05) is 0 Å². The van der Waals surface area contributed by atoms with E-state index in [0.717, 1.165) is 18.6 Å². The highest BCUT2D eigenvalue weighted by Gasteiger charge is 2.54. The van der Waals surface area contributed by atoms with Gasteiger partial charge in [0, 0.05) is 6.04 Å². The molecule has 86 valence electrons. The van der Waals surface area contributed by atoms with E-state index >= 15 is 0 Å². The quantitative estimate of drug-likeness (QED) is 0.662. The molecule has 2 nitrogen and oxygen atoms in total. The highest BCUT2D eigenvalue weighted by atomic mass is 16.5. The average Bonchev–Trinajstić information content (AvgIpc) is 2.14. The summed E-state index contributed by atoms with van der Waals surface area (Å²) >= 11 is 0. The minimum absolute atomic E-state index is 0.0714. The van der Waals surface area contributed by atoms with Crippen molar-refractivity contribution in [3.8, 4) is 0 Å². The zero-order chi connectivity index (χ0) is 10.5. The Balaban J connectivity index is 1.66. The fourth-order valence-corrected chi connectivity index (χ4v) is 3.94. The van der Waals surface area contributed by atoms with Crippen LogP contribution in [0.3, 0.4) is 0 Å². The van der Waals surface area contributed by atoms with Gasteiger partial charge in [-0.1, -0.05) is 26.7 Å². The summed E-state index contributed by atoms with van der Waals surface area (Å²) in [4.78, 5) is 0. The van der Waals surface area contributed by atoms with Crippen LogP contribution in [-0.2, 0) is 4.74 Å². The van der Waals surface area contributed by atoms with Crippen molar-refractivity contribution in [3.05, 3.63) is 0 Å². The lowest BCUT2D eigenvalue weighted by Crippen LogP contribution is -2.68. The van der Waals surface area contributed by atoms with Gasteiger partial charge >= 0.3 is 0 Å². The van der Waals surface area contributed by atoms with E-state index in [0.29, 0.717) is 5.41 Å². The third-order valence-corrected chi connectivity index (χ3v) is 4.46. The Morgan fingerprint density at radius 1 is 1.13 bits per heavy atom. The number of hydrogen-bond acceptors (Lipinski definition) is 2. The molecule has 2 aliphatic carbocycles. The number of rotatable bonds is 0. The molecule has 2 atom stereocenters. The number of ether oxygens (including phenoxy) is 1. The molecule has 15 heavy (non-hydrogen) atoms. The van der Waals surface area contributed by atoms with Crippen LogP contribution in [0.5, 0.6) is 0 Å². The summed E-state index contributed by atoms with van der Waals surface area (Å²) in [5.74, 6) is 0.799. The molecular weight excluding hydrogens is 186 g/mol. The maximum Gasteiger partial charge on any atom is 0.120 e. The van der Waals surface area contributed by atoms with Gasteiger partial charge in [0.15, 0.2) is 0 Å². The highest BCUT2D eigenvalue weighted by molar-refractivity contribution is 5.04. The molecule has 2 unspecified atom stereocenters. The molecule has 1 aliphatic heterocycles. The van der Waals surface area contributed by atoms with Crippen LogP contribution >= 0.6 is 0 Å². The van der Waals surface area contributed by atoms with Crippen molar-refractivity contribution < 1.29 is 4.74 Å². The molecule has 3 aliphatic rings. The lowest BCUT2D eigenvalue weighted by molar-refractivity contribution is -0.222. The van der Waals surface area contributed by atoms with E-state index in [1.165, 1.54) is 38.5 Å². The summed E-state index contributed by atoms with van der Waals surface area (Å²) in [6.07, 6.45) is 7.96.